The van der Waals surface area contributed by atoms with Crippen LogP contribution in [0.4, 0.5) is 0 Å². The summed E-state index contributed by atoms with van der Waals surface area (Å²) in [5.41, 5.74) is 2.38. The van der Waals surface area contributed by atoms with Crippen molar-refractivity contribution >= 4 is 23.7 Å². The lowest BCUT2D eigenvalue weighted by Gasteiger charge is -2.39. The Morgan fingerprint density at radius 1 is 0.889 bits per heavy atom. The van der Waals surface area contributed by atoms with Crippen LogP contribution in [0, 0.1) is 0 Å². The van der Waals surface area contributed by atoms with Gasteiger partial charge in [-0.15, -0.1) is 28.8 Å². The van der Waals surface area contributed by atoms with Crippen LogP contribution in [0.25, 0.3) is 0 Å². The summed E-state index contributed by atoms with van der Waals surface area (Å²) >= 11 is 1.72. The molecule has 1 aliphatic heterocycles. The summed E-state index contributed by atoms with van der Waals surface area (Å²) in [6, 6.07) is 20.7. The molecule has 1 unspecified atom stereocenters. The number of aromatic nitrogens is 4. The number of methoxy groups -OCH3 is 2. The van der Waals surface area contributed by atoms with Gasteiger partial charge in [-0.3, -0.25) is 9.80 Å². The van der Waals surface area contributed by atoms with E-state index in [2.05, 4.69) is 67.1 Å². The van der Waals surface area contributed by atoms with Gasteiger partial charge in [-0.05, 0) is 45.6 Å². The van der Waals surface area contributed by atoms with Crippen molar-refractivity contribution in [2.24, 2.45) is 0 Å². The molecule has 0 spiro atoms. The SMILES string of the molecule is COc1ccc(C(c2nnnn2Cc2cccs2)N2CCN(Cc3ccccc3OC)CC2)cc1.Cl. The third-order valence-electron chi connectivity index (χ3n) is 6.48. The van der Waals surface area contributed by atoms with Crippen LogP contribution in [0.15, 0.2) is 66.0 Å². The highest BCUT2D eigenvalue weighted by molar-refractivity contribution is 7.09. The highest BCUT2D eigenvalue weighted by Crippen LogP contribution is 2.30. The minimum absolute atomic E-state index is 0. The molecule has 190 valence electrons. The molecule has 0 radical (unpaired) electrons. The molecule has 3 heterocycles. The summed E-state index contributed by atoms with van der Waals surface area (Å²) in [5.74, 6) is 2.65. The first kappa shape index (κ1) is 26.1. The molecular formula is C26H31ClN6O2S. The van der Waals surface area contributed by atoms with Crippen molar-refractivity contribution in [3.05, 3.63) is 87.9 Å². The zero-order valence-corrected chi connectivity index (χ0v) is 22.1. The van der Waals surface area contributed by atoms with Gasteiger partial charge in [0.15, 0.2) is 5.82 Å². The van der Waals surface area contributed by atoms with Gasteiger partial charge in [-0.2, -0.15) is 0 Å². The van der Waals surface area contributed by atoms with Crippen LogP contribution in [0.1, 0.15) is 27.9 Å². The Kier molecular flexibility index (Phi) is 8.93. The summed E-state index contributed by atoms with van der Waals surface area (Å²) in [4.78, 5) is 6.19. The van der Waals surface area contributed by atoms with Crippen molar-refractivity contribution < 1.29 is 9.47 Å². The molecule has 1 atom stereocenters. The van der Waals surface area contributed by atoms with Gasteiger partial charge < -0.3 is 9.47 Å². The number of hydrogen-bond acceptors (Lipinski definition) is 8. The van der Waals surface area contributed by atoms with Gasteiger partial charge in [0.1, 0.15) is 11.5 Å². The Balaban J connectivity index is 0.00000304. The molecule has 0 aliphatic carbocycles. The normalized spacial score (nSPS) is 15.3. The van der Waals surface area contributed by atoms with Crippen molar-refractivity contribution in [3.63, 3.8) is 0 Å². The zero-order chi connectivity index (χ0) is 24.0. The number of hydrogen-bond donors (Lipinski definition) is 0. The second-order valence-electron chi connectivity index (χ2n) is 8.57. The fourth-order valence-corrected chi connectivity index (χ4v) is 5.32. The molecule has 2 aromatic carbocycles. The molecule has 8 nitrogen and oxygen atoms in total. The van der Waals surface area contributed by atoms with Gasteiger partial charge in [0, 0.05) is 43.2 Å². The van der Waals surface area contributed by atoms with Crippen molar-refractivity contribution in [2.45, 2.75) is 19.1 Å². The summed E-state index contributed by atoms with van der Waals surface area (Å²) in [7, 11) is 3.42. The largest absolute Gasteiger partial charge is 0.497 e. The van der Waals surface area contributed by atoms with Crippen LogP contribution in [-0.4, -0.2) is 70.4 Å². The number of thiophene rings is 1. The molecule has 1 fully saturated rings. The van der Waals surface area contributed by atoms with Crippen molar-refractivity contribution in [2.75, 3.05) is 40.4 Å². The topological polar surface area (TPSA) is 68.5 Å². The number of nitrogens with zero attached hydrogens (tertiary/aromatic N) is 6. The van der Waals surface area contributed by atoms with E-state index in [-0.39, 0.29) is 18.4 Å². The quantitative estimate of drug-likeness (QED) is 0.325. The second-order valence-corrected chi connectivity index (χ2v) is 9.61. The van der Waals surface area contributed by atoms with Crippen molar-refractivity contribution in [1.29, 1.82) is 0 Å². The molecule has 0 amide bonds. The van der Waals surface area contributed by atoms with E-state index in [0.29, 0.717) is 6.54 Å². The van der Waals surface area contributed by atoms with Crippen LogP contribution in [0.2, 0.25) is 0 Å². The smallest absolute Gasteiger partial charge is 0.173 e. The Labute approximate surface area is 221 Å². The number of benzene rings is 2. The maximum Gasteiger partial charge on any atom is 0.173 e. The monoisotopic (exact) mass is 526 g/mol. The summed E-state index contributed by atoms with van der Waals surface area (Å²) < 4.78 is 12.9. The third-order valence-corrected chi connectivity index (χ3v) is 7.34. The third kappa shape index (κ3) is 5.87. The Morgan fingerprint density at radius 2 is 1.67 bits per heavy atom. The van der Waals surface area contributed by atoms with E-state index in [9.17, 15) is 0 Å². The Hall–Kier alpha value is -2.98. The molecule has 5 rings (SSSR count). The van der Waals surface area contributed by atoms with Crippen LogP contribution in [-0.2, 0) is 13.1 Å². The lowest BCUT2D eigenvalue weighted by Crippen LogP contribution is -2.48. The lowest BCUT2D eigenvalue weighted by atomic mass is 10.0. The average Bonchev–Trinajstić information content (AvgIpc) is 3.59. The molecule has 4 aromatic rings. The number of para-hydroxylation sites is 1. The first-order chi connectivity index (χ1) is 17.2. The van der Waals surface area contributed by atoms with E-state index in [1.54, 1.807) is 25.6 Å². The molecule has 1 saturated heterocycles. The van der Waals surface area contributed by atoms with E-state index >= 15 is 0 Å². The van der Waals surface area contributed by atoms with E-state index < -0.39 is 0 Å². The number of halogens is 1. The van der Waals surface area contributed by atoms with Crippen LogP contribution >= 0.6 is 23.7 Å². The average molecular weight is 527 g/mol. The minimum atomic E-state index is -0.0377. The molecule has 36 heavy (non-hydrogen) atoms. The van der Waals surface area contributed by atoms with Gasteiger partial charge >= 0.3 is 0 Å². The van der Waals surface area contributed by atoms with Gasteiger partial charge in [0.25, 0.3) is 0 Å². The number of ether oxygens (including phenoxy) is 2. The molecule has 0 saturated carbocycles. The van der Waals surface area contributed by atoms with Gasteiger partial charge in [-0.25, -0.2) is 4.68 Å². The summed E-state index contributed by atoms with van der Waals surface area (Å²) in [6.45, 7) is 5.28. The van der Waals surface area contributed by atoms with Gasteiger partial charge in [-0.1, -0.05) is 36.4 Å². The Morgan fingerprint density at radius 3 is 2.36 bits per heavy atom. The van der Waals surface area contributed by atoms with Gasteiger partial charge in [0.2, 0.25) is 0 Å². The van der Waals surface area contributed by atoms with Crippen LogP contribution in [0.5, 0.6) is 11.5 Å². The number of tetrazole rings is 1. The van der Waals surface area contributed by atoms with Crippen molar-refractivity contribution in [1.82, 2.24) is 30.0 Å². The first-order valence-corrected chi connectivity index (χ1v) is 12.6. The summed E-state index contributed by atoms with van der Waals surface area (Å²) in [6.07, 6.45) is 0. The minimum Gasteiger partial charge on any atom is -0.497 e. The number of piperazine rings is 1. The van der Waals surface area contributed by atoms with E-state index in [1.807, 2.05) is 28.9 Å². The number of rotatable bonds is 9. The molecule has 2 aromatic heterocycles. The molecule has 1 aliphatic rings. The van der Waals surface area contributed by atoms with Crippen molar-refractivity contribution in [3.8, 4) is 11.5 Å². The molecule has 0 bridgehead atoms. The maximum atomic E-state index is 5.56. The fraction of sp³-hybridized carbons (Fsp3) is 0.346. The van der Waals surface area contributed by atoms with E-state index in [1.165, 1.54) is 10.4 Å². The fourth-order valence-electron chi connectivity index (χ4n) is 4.63. The Bertz CT molecular complexity index is 1210. The predicted molar refractivity (Wildman–Crippen MR) is 143 cm³/mol. The first-order valence-electron chi connectivity index (χ1n) is 11.8. The van der Waals surface area contributed by atoms with E-state index in [0.717, 1.165) is 55.6 Å². The van der Waals surface area contributed by atoms with E-state index in [4.69, 9.17) is 9.47 Å². The molecular weight excluding hydrogens is 496 g/mol. The lowest BCUT2D eigenvalue weighted by molar-refractivity contribution is 0.0997. The molecule has 10 heteroatoms. The zero-order valence-electron chi connectivity index (χ0n) is 20.5. The van der Waals surface area contributed by atoms with Gasteiger partial charge in [0.05, 0.1) is 26.8 Å². The van der Waals surface area contributed by atoms with Crippen LogP contribution in [0.3, 0.4) is 0 Å². The standard InChI is InChI=1S/C26H30N6O2S.ClH/c1-33-22-11-9-20(10-12-22)25(26-27-28-29-32(26)19-23-7-5-17-35-23)31-15-13-30(14-16-31)18-21-6-3-4-8-24(21)34-2;/h3-12,17,25H,13-16,18-19H2,1-2H3;1H. The summed E-state index contributed by atoms with van der Waals surface area (Å²) in [5, 5.41) is 15.0. The second kappa shape index (κ2) is 12.3. The van der Waals surface area contributed by atoms with Crippen LogP contribution < -0.4 is 9.47 Å². The highest BCUT2D eigenvalue weighted by Gasteiger charge is 2.31. The highest BCUT2D eigenvalue weighted by atomic mass is 35.5. The predicted octanol–water partition coefficient (Wildman–Crippen LogP) is 4.13. The molecule has 0 N–H and O–H groups in total. The maximum absolute atomic E-state index is 5.56.